The molecular weight excluding hydrogens is 358 g/mol. The van der Waals surface area contributed by atoms with Crippen LogP contribution in [-0.2, 0) is 16.8 Å². The highest BCUT2D eigenvalue weighted by atomic mass is 16.5. The fourth-order valence-corrected chi connectivity index (χ4v) is 3.70. The molecule has 1 N–H and O–H groups in total. The van der Waals surface area contributed by atoms with Crippen LogP contribution in [0.3, 0.4) is 0 Å². The molecule has 1 aromatic carbocycles. The lowest BCUT2D eigenvalue weighted by atomic mass is 9.78. The maximum absolute atomic E-state index is 13.1. The SMILES string of the molecule is COc1ccc(C2(C(=O)NCc3nnc(-c4cnccn4)o3)CCCC2)cc1. The molecule has 0 atom stereocenters. The molecule has 1 saturated carbocycles. The molecule has 0 aliphatic heterocycles. The summed E-state index contributed by atoms with van der Waals surface area (Å²) in [6.07, 6.45) is 8.36. The van der Waals surface area contributed by atoms with E-state index >= 15 is 0 Å². The zero-order chi connectivity index (χ0) is 19.4. The van der Waals surface area contributed by atoms with Crippen LogP contribution in [0.15, 0.2) is 47.3 Å². The van der Waals surface area contributed by atoms with Gasteiger partial charge in [-0.3, -0.25) is 9.78 Å². The van der Waals surface area contributed by atoms with Gasteiger partial charge in [0, 0.05) is 12.4 Å². The lowest BCUT2D eigenvalue weighted by molar-refractivity contribution is -0.126. The van der Waals surface area contributed by atoms with Crippen molar-refractivity contribution in [1.82, 2.24) is 25.5 Å². The first-order valence-electron chi connectivity index (χ1n) is 9.23. The average Bonchev–Trinajstić information content (AvgIpc) is 3.43. The molecule has 8 nitrogen and oxygen atoms in total. The number of methoxy groups -OCH3 is 1. The van der Waals surface area contributed by atoms with E-state index in [0.717, 1.165) is 37.0 Å². The smallest absolute Gasteiger partial charge is 0.267 e. The van der Waals surface area contributed by atoms with Crippen LogP contribution in [0.25, 0.3) is 11.6 Å². The van der Waals surface area contributed by atoms with Gasteiger partial charge in [0.2, 0.25) is 11.8 Å². The van der Waals surface area contributed by atoms with Gasteiger partial charge in [0.25, 0.3) is 5.89 Å². The summed E-state index contributed by atoms with van der Waals surface area (Å²) in [4.78, 5) is 21.2. The minimum atomic E-state index is -0.528. The van der Waals surface area contributed by atoms with Gasteiger partial charge in [0.1, 0.15) is 11.4 Å². The lowest BCUT2D eigenvalue weighted by Crippen LogP contribution is -2.42. The molecular formula is C20H21N5O3. The van der Waals surface area contributed by atoms with Crippen molar-refractivity contribution in [2.75, 3.05) is 7.11 Å². The van der Waals surface area contributed by atoms with Crippen LogP contribution in [0.5, 0.6) is 5.75 Å². The molecule has 0 unspecified atom stereocenters. The Morgan fingerprint density at radius 2 is 1.96 bits per heavy atom. The molecule has 144 valence electrons. The highest BCUT2D eigenvalue weighted by Crippen LogP contribution is 2.41. The largest absolute Gasteiger partial charge is 0.497 e. The maximum atomic E-state index is 13.1. The summed E-state index contributed by atoms with van der Waals surface area (Å²) in [7, 11) is 1.63. The Kier molecular flexibility index (Phi) is 5.01. The zero-order valence-corrected chi connectivity index (χ0v) is 15.6. The van der Waals surface area contributed by atoms with Crippen molar-refractivity contribution < 1.29 is 13.9 Å². The second-order valence-corrected chi connectivity index (χ2v) is 6.79. The molecule has 2 aromatic heterocycles. The average molecular weight is 379 g/mol. The monoisotopic (exact) mass is 379 g/mol. The summed E-state index contributed by atoms with van der Waals surface area (Å²) in [5.74, 6) is 1.37. The zero-order valence-electron chi connectivity index (χ0n) is 15.6. The Morgan fingerprint density at radius 3 is 2.64 bits per heavy atom. The molecule has 3 aromatic rings. The molecule has 1 aliphatic rings. The normalized spacial score (nSPS) is 15.3. The molecule has 0 radical (unpaired) electrons. The van der Waals surface area contributed by atoms with Crippen molar-refractivity contribution in [3.05, 3.63) is 54.3 Å². The minimum absolute atomic E-state index is 0.0191. The van der Waals surface area contributed by atoms with Crippen molar-refractivity contribution >= 4 is 5.91 Å². The van der Waals surface area contributed by atoms with Crippen molar-refractivity contribution in [3.8, 4) is 17.3 Å². The first-order chi connectivity index (χ1) is 13.7. The van der Waals surface area contributed by atoms with Crippen LogP contribution in [0.1, 0.15) is 37.1 Å². The van der Waals surface area contributed by atoms with Crippen LogP contribution in [0.4, 0.5) is 0 Å². The second kappa shape index (κ2) is 7.75. The summed E-state index contributed by atoms with van der Waals surface area (Å²) in [5, 5.41) is 10.9. The number of nitrogens with zero attached hydrogens (tertiary/aromatic N) is 4. The standard InChI is InChI=1S/C20H21N5O3/c1-27-15-6-4-14(5-7-15)20(8-2-3-9-20)19(26)23-13-17-24-25-18(28-17)16-12-21-10-11-22-16/h4-7,10-12H,2-3,8-9,13H2,1H3,(H,23,26). The first kappa shape index (κ1) is 18.1. The van der Waals surface area contributed by atoms with Gasteiger partial charge in [0.15, 0.2) is 0 Å². The Hall–Kier alpha value is -3.29. The predicted octanol–water partition coefficient (Wildman–Crippen LogP) is 2.66. The van der Waals surface area contributed by atoms with Crippen molar-refractivity contribution in [2.24, 2.45) is 0 Å². The van der Waals surface area contributed by atoms with E-state index < -0.39 is 5.41 Å². The molecule has 28 heavy (non-hydrogen) atoms. The molecule has 0 bridgehead atoms. The molecule has 8 heteroatoms. The number of carbonyl (C=O) groups excluding carboxylic acids is 1. The number of hydrogen-bond donors (Lipinski definition) is 1. The summed E-state index contributed by atoms with van der Waals surface area (Å²) < 4.78 is 10.8. The van der Waals surface area contributed by atoms with Gasteiger partial charge < -0.3 is 14.5 Å². The highest BCUT2D eigenvalue weighted by molar-refractivity contribution is 5.88. The van der Waals surface area contributed by atoms with E-state index in [2.05, 4.69) is 25.5 Å². The van der Waals surface area contributed by atoms with Crippen LogP contribution in [0, 0.1) is 0 Å². The molecule has 1 aliphatic carbocycles. The number of carbonyl (C=O) groups is 1. The summed E-state index contributed by atoms with van der Waals surface area (Å²) in [6, 6.07) is 7.74. The van der Waals surface area contributed by atoms with Gasteiger partial charge in [-0.15, -0.1) is 10.2 Å². The van der Waals surface area contributed by atoms with Crippen LogP contribution in [0.2, 0.25) is 0 Å². The Labute approximate surface area is 162 Å². The van der Waals surface area contributed by atoms with Crippen LogP contribution in [-0.4, -0.2) is 33.2 Å². The van der Waals surface area contributed by atoms with E-state index in [4.69, 9.17) is 9.15 Å². The van der Waals surface area contributed by atoms with Gasteiger partial charge >= 0.3 is 0 Å². The highest BCUT2D eigenvalue weighted by Gasteiger charge is 2.42. The molecule has 1 fully saturated rings. The van der Waals surface area contributed by atoms with Crippen LogP contribution < -0.4 is 10.1 Å². The summed E-state index contributed by atoms with van der Waals surface area (Å²) >= 11 is 0. The summed E-state index contributed by atoms with van der Waals surface area (Å²) in [6.45, 7) is 0.171. The number of rotatable bonds is 6. The van der Waals surface area contributed by atoms with E-state index in [1.54, 1.807) is 25.7 Å². The van der Waals surface area contributed by atoms with E-state index in [0.29, 0.717) is 11.6 Å². The van der Waals surface area contributed by atoms with Gasteiger partial charge in [-0.25, -0.2) is 4.98 Å². The number of ether oxygens (including phenoxy) is 1. The second-order valence-electron chi connectivity index (χ2n) is 6.79. The van der Waals surface area contributed by atoms with Gasteiger partial charge in [-0.1, -0.05) is 25.0 Å². The molecule has 1 amide bonds. The summed E-state index contributed by atoms with van der Waals surface area (Å²) in [5.41, 5.74) is 0.979. The fourth-order valence-electron chi connectivity index (χ4n) is 3.70. The Balaban J connectivity index is 1.47. The lowest BCUT2D eigenvalue weighted by Gasteiger charge is -2.28. The Morgan fingerprint density at radius 1 is 1.18 bits per heavy atom. The third-order valence-electron chi connectivity index (χ3n) is 5.18. The topological polar surface area (TPSA) is 103 Å². The number of hydrogen-bond acceptors (Lipinski definition) is 7. The number of benzene rings is 1. The van der Waals surface area contributed by atoms with E-state index in [1.165, 1.54) is 0 Å². The number of nitrogens with one attached hydrogen (secondary N) is 1. The predicted molar refractivity (Wildman–Crippen MR) is 100 cm³/mol. The fraction of sp³-hybridized carbons (Fsp3) is 0.350. The van der Waals surface area contributed by atoms with Gasteiger partial charge in [-0.05, 0) is 30.5 Å². The van der Waals surface area contributed by atoms with E-state index in [9.17, 15) is 4.79 Å². The number of aromatic nitrogens is 4. The molecule has 4 rings (SSSR count). The maximum Gasteiger partial charge on any atom is 0.267 e. The van der Waals surface area contributed by atoms with Crippen molar-refractivity contribution in [1.29, 1.82) is 0 Å². The molecule has 0 spiro atoms. The van der Waals surface area contributed by atoms with Gasteiger partial charge in [-0.2, -0.15) is 0 Å². The third-order valence-corrected chi connectivity index (χ3v) is 5.18. The quantitative estimate of drug-likeness (QED) is 0.702. The minimum Gasteiger partial charge on any atom is -0.497 e. The van der Waals surface area contributed by atoms with Crippen molar-refractivity contribution in [3.63, 3.8) is 0 Å². The van der Waals surface area contributed by atoms with E-state index in [1.807, 2.05) is 24.3 Å². The van der Waals surface area contributed by atoms with Gasteiger partial charge in [0.05, 0.1) is 25.3 Å². The molecule has 2 heterocycles. The van der Waals surface area contributed by atoms with Crippen molar-refractivity contribution in [2.45, 2.75) is 37.6 Å². The molecule has 0 saturated heterocycles. The van der Waals surface area contributed by atoms with Crippen LogP contribution >= 0.6 is 0 Å². The first-order valence-corrected chi connectivity index (χ1v) is 9.23. The Bertz CT molecular complexity index is 934. The third kappa shape index (κ3) is 3.45. The number of amides is 1. The van der Waals surface area contributed by atoms with E-state index in [-0.39, 0.29) is 18.3 Å².